The summed E-state index contributed by atoms with van der Waals surface area (Å²) < 4.78 is 32.7. The number of benzene rings is 2. The molecule has 2 heterocycles. The van der Waals surface area contributed by atoms with Gasteiger partial charge in [-0.3, -0.25) is 4.79 Å². The first-order valence-electron chi connectivity index (χ1n) is 12.3. The summed E-state index contributed by atoms with van der Waals surface area (Å²) in [5.41, 5.74) is 1.81. The summed E-state index contributed by atoms with van der Waals surface area (Å²) >= 11 is 0. The number of rotatable bonds is 10. The van der Waals surface area contributed by atoms with Crippen LogP contribution in [0.2, 0.25) is 0 Å². The summed E-state index contributed by atoms with van der Waals surface area (Å²) in [4.78, 5) is 12.6. The zero-order valence-corrected chi connectivity index (χ0v) is 21.5. The molecule has 38 heavy (non-hydrogen) atoms. The number of ether oxygens (including phenoxy) is 6. The second kappa shape index (κ2) is 12.2. The Morgan fingerprint density at radius 2 is 1.42 bits per heavy atom. The molecule has 0 saturated carbocycles. The Kier molecular flexibility index (Phi) is 8.95. The topological polar surface area (TPSA) is 153 Å². The second-order valence-corrected chi connectivity index (χ2v) is 9.39. The molecule has 0 amide bonds. The van der Waals surface area contributed by atoms with Gasteiger partial charge < -0.3 is 48.8 Å². The highest BCUT2D eigenvalue weighted by Crippen LogP contribution is 2.36. The van der Waals surface area contributed by atoms with Gasteiger partial charge in [-0.15, -0.1) is 0 Å². The van der Waals surface area contributed by atoms with Gasteiger partial charge in [0.15, 0.2) is 23.0 Å². The standard InChI is InChI=1S/C27H34O11/c1-33-18-6-4-14(10-20(18)34-2)8-16-13-36-26(32)17(16)9-15-5-7-19(21(11-15)35-3)37-27-25(31)24(30)23(29)22(12-28)38-27/h4-7,10-11,16-17,22-25,27-31H,8-9,12-13H2,1-3H3/t16-,17+,22+,23+,24-,25+,27?/m0/s1. The van der Waals surface area contributed by atoms with Crippen molar-refractivity contribution >= 4 is 5.97 Å². The molecule has 2 aliphatic heterocycles. The number of cyclic esters (lactones) is 1. The molecule has 0 aromatic heterocycles. The molecule has 2 aromatic rings. The number of methoxy groups -OCH3 is 3. The van der Waals surface area contributed by atoms with Crippen LogP contribution in [-0.2, 0) is 27.1 Å². The summed E-state index contributed by atoms with van der Waals surface area (Å²) in [6.45, 7) is -0.254. The lowest BCUT2D eigenvalue weighted by Crippen LogP contribution is -2.60. The van der Waals surface area contributed by atoms with Crippen LogP contribution in [0.3, 0.4) is 0 Å². The van der Waals surface area contributed by atoms with Crippen LogP contribution in [0.15, 0.2) is 36.4 Å². The van der Waals surface area contributed by atoms with Crippen LogP contribution in [0.25, 0.3) is 0 Å². The summed E-state index contributed by atoms with van der Waals surface area (Å²) in [5, 5.41) is 39.7. The zero-order chi connectivity index (χ0) is 27.4. The van der Waals surface area contributed by atoms with Gasteiger partial charge in [0.05, 0.1) is 40.5 Å². The molecule has 2 aliphatic rings. The fourth-order valence-electron chi connectivity index (χ4n) is 4.85. The van der Waals surface area contributed by atoms with E-state index in [4.69, 9.17) is 28.4 Å². The largest absolute Gasteiger partial charge is 0.493 e. The predicted octanol–water partition coefficient (Wildman–Crippen LogP) is 0.466. The smallest absolute Gasteiger partial charge is 0.309 e. The number of aliphatic hydroxyl groups excluding tert-OH is 4. The van der Waals surface area contributed by atoms with E-state index in [1.807, 2.05) is 18.2 Å². The van der Waals surface area contributed by atoms with Crippen LogP contribution < -0.4 is 18.9 Å². The summed E-state index contributed by atoms with van der Waals surface area (Å²) in [7, 11) is 4.60. The van der Waals surface area contributed by atoms with E-state index in [0.29, 0.717) is 36.7 Å². The Morgan fingerprint density at radius 1 is 0.816 bits per heavy atom. The summed E-state index contributed by atoms with van der Waals surface area (Å²) in [5.74, 6) is 1.10. The lowest BCUT2D eigenvalue weighted by Gasteiger charge is -2.39. The molecule has 0 aliphatic carbocycles. The van der Waals surface area contributed by atoms with Gasteiger partial charge in [-0.1, -0.05) is 12.1 Å². The van der Waals surface area contributed by atoms with Crippen LogP contribution in [-0.4, -0.2) is 91.6 Å². The molecule has 4 N–H and O–H groups in total. The average molecular weight is 535 g/mol. The number of hydrogen-bond donors (Lipinski definition) is 4. The van der Waals surface area contributed by atoms with Crippen molar-refractivity contribution in [3.8, 4) is 23.0 Å². The van der Waals surface area contributed by atoms with E-state index in [1.165, 1.54) is 7.11 Å². The van der Waals surface area contributed by atoms with Crippen molar-refractivity contribution in [3.63, 3.8) is 0 Å². The lowest BCUT2D eigenvalue weighted by molar-refractivity contribution is -0.277. The van der Waals surface area contributed by atoms with Gasteiger partial charge in [-0.25, -0.2) is 0 Å². The quantitative estimate of drug-likeness (QED) is 0.315. The lowest BCUT2D eigenvalue weighted by atomic mass is 9.85. The first-order valence-corrected chi connectivity index (χ1v) is 12.3. The number of carbonyl (C=O) groups excluding carboxylic acids is 1. The van der Waals surface area contributed by atoms with Crippen molar-refractivity contribution < 1.29 is 53.6 Å². The van der Waals surface area contributed by atoms with Crippen molar-refractivity contribution in [3.05, 3.63) is 47.5 Å². The minimum atomic E-state index is -1.56. The van der Waals surface area contributed by atoms with Crippen molar-refractivity contribution in [2.75, 3.05) is 34.5 Å². The maximum absolute atomic E-state index is 12.6. The van der Waals surface area contributed by atoms with Gasteiger partial charge in [0.25, 0.3) is 0 Å². The fraction of sp³-hybridized carbons (Fsp3) is 0.519. The maximum Gasteiger partial charge on any atom is 0.309 e. The van der Waals surface area contributed by atoms with Gasteiger partial charge in [0.1, 0.15) is 24.4 Å². The van der Waals surface area contributed by atoms with Gasteiger partial charge in [-0.2, -0.15) is 0 Å². The molecule has 2 saturated heterocycles. The van der Waals surface area contributed by atoms with Gasteiger partial charge in [-0.05, 0) is 48.2 Å². The van der Waals surface area contributed by atoms with Crippen LogP contribution in [0.4, 0.5) is 0 Å². The van der Waals surface area contributed by atoms with E-state index in [0.717, 1.165) is 11.1 Å². The zero-order valence-electron chi connectivity index (χ0n) is 21.5. The predicted molar refractivity (Wildman–Crippen MR) is 132 cm³/mol. The number of carbonyl (C=O) groups is 1. The molecule has 0 bridgehead atoms. The first-order chi connectivity index (χ1) is 18.3. The maximum atomic E-state index is 12.6. The Morgan fingerprint density at radius 3 is 2.05 bits per heavy atom. The van der Waals surface area contributed by atoms with Crippen molar-refractivity contribution in [1.82, 2.24) is 0 Å². The minimum Gasteiger partial charge on any atom is -0.493 e. The highest BCUT2D eigenvalue weighted by atomic mass is 16.7. The molecule has 0 radical (unpaired) electrons. The Labute approximate surface area is 220 Å². The highest BCUT2D eigenvalue weighted by Gasteiger charge is 2.45. The molecule has 2 fully saturated rings. The van der Waals surface area contributed by atoms with E-state index in [9.17, 15) is 25.2 Å². The molecule has 208 valence electrons. The van der Waals surface area contributed by atoms with Crippen molar-refractivity contribution in [1.29, 1.82) is 0 Å². The Bertz CT molecular complexity index is 1100. The fourth-order valence-corrected chi connectivity index (χ4v) is 4.85. The van der Waals surface area contributed by atoms with E-state index in [-0.39, 0.29) is 23.6 Å². The van der Waals surface area contributed by atoms with E-state index in [1.54, 1.807) is 32.4 Å². The molecule has 7 atom stereocenters. The molecular formula is C27H34O11. The minimum absolute atomic E-state index is 0.0448. The summed E-state index contributed by atoms with van der Waals surface area (Å²) in [6.07, 6.45) is -6.02. The third kappa shape index (κ3) is 5.82. The molecular weight excluding hydrogens is 500 g/mol. The monoisotopic (exact) mass is 534 g/mol. The molecule has 2 aromatic carbocycles. The molecule has 11 nitrogen and oxygen atoms in total. The van der Waals surface area contributed by atoms with Gasteiger partial charge >= 0.3 is 5.97 Å². The van der Waals surface area contributed by atoms with Crippen LogP contribution in [0.5, 0.6) is 23.0 Å². The second-order valence-electron chi connectivity index (χ2n) is 9.39. The molecule has 4 rings (SSSR count). The SMILES string of the molecule is COc1ccc(C[C@H]2COC(=O)[C@@H]2Cc2ccc(OC3O[C@H](CO)[C@@H](O)[C@H](O)[C@H]3O)c(OC)c2)cc1OC. The summed E-state index contributed by atoms with van der Waals surface area (Å²) in [6, 6.07) is 10.8. The van der Waals surface area contributed by atoms with Crippen molar-refractivity contribution in [2.45, 2.75) is 43.5 Å². The number of hydrogen-bond acceptors (Lipinski definition) is 11. The van der Waals surface area contributed by atoms with E-state index in [2.05, 4.69) is 0 Å². The normalized spacial score (nSPS) is 29.0. The van der Waals surface area contributed by atoms with Crippen LogP contribution in [0.1, 0.15) is 11.1 Å². The van der Waals surface area contributed by atoms with E-state index < -0.39 is 37.3 Å². The first kappa shape index (κ1) is 27.9. The Hall–Kier alpha value is -3.09. The van der Waals surface area contributed by atoms with E-state index >= 15 is 0 Å². The van der Waals surface area contributed by atoms with Crippen LogP contribution in [0, 0.1) is 11.8 Å². The Balaban J connectivity index is 1.47. The van der Waals surface area contributed by atoms with Gasteiger partial charge in [0.2, 0.25) is 6.29 Å². The van der Waals surface area contributed by atoms with Gasteiger partial charge in [0, 0.05) is 5.92 Å². The third-order valence-electron chi connectivity index (χ3n) is 7.03. The van der Waals surface area contributed by atoms with Crippen molar-refractivity contribution in [2.24, 2.45) is 11.8 Å². The molecule has 0 spiro atoms. The molecule has 11 heteroatoms. The third-order valence-corrected chi connectivity index (χ3v) is 7.03. The highest BCUT2D eigenvalue weighted by molar-refractivity contribution is 5.75. The average Bonchev–Trinajstić information content (AvgIpc) is 3.27. The van der Waals surface area contributed by atoms with Crippen LogP contribution >= 0.6 is 0 Å². The number of esters is 1. The molecule has 1 unspecified atom stereocenters. The number of aliphatic hydroxyl groups is 4.